The van der Waals surface area contributed by atoms with E-state index < -0.39 is 34.5 Å². The molecule has 0 unspecified atom stereocenters. The second kappa shape index (κ2) is 10.2. The molecule has 0 aliphatic heterocycles. The third-order valence-electron chi connectivity index (χ3n) is 3.51. The van der Waals surface area contributed by atoms with E-state index in [-0.39, 0.29) is 14.9 Å². The van der Waals surface area contributed by atoms with E-state index in [4.69, 9.17) is 27.9 Å². The van der Waals surface area contributed by atoms with Gasteiger partial charge in [-0.2, -0.15) is 4.72 Å². The summed E-state index contributed by atoms with van der Waals surface area (Å²) in [4.78, 5) is 24.7. The molecule has 2 N–H and O–H groups in total. The number of nitrogens with one attached hydrogen (secondary N) is 2. The van der Waals surface area contributed by atoms with Gasteiger partial charge in [-0.05, 0) is 43.0 Å². The smallest absolute Gasteiger partial charge is 0.324 e. The predicted molar refractivity (Wildman–Crippen MR) is 108 cm³/mol. The second-order valence-electron chi connectivity index (χ2n) is 5.71. The van der Waals surface area contributed by atoms with Crippen molar-refractivity contribution in [3.8, 4) is 0 Å². The topological polar surface area (TPSA) is 102 Å². The number of carbonyl (C=O) groups excluding carboxylic acids is 2. The Hall–Kier alpha value is -1.65. The first-order valence-electron chi connectivity index (χ1n) is 8.12. The fourth-order valence-corrected chi connectivity index (χ4v) is 4.38. The van der Waals surface area contributed by atoms with Gasteiger partial charge in [0.1, 0.15) is 6.04 Å². The van der Waals surface area contributed by atoms with Gasteiger partial charge >= 0.3 is 5.97 Å². The van der Waals surface area contributed by atoms with Crippen LogP contribution in [-0.2, 0) is 30.8 Å². The molecule has 0 bridgehead atoms. The number of carbonyl (C=O) groups is 2. The Morgan fingerprint density at radius 3 is 2.61 bits per heavy atom. The number of rotatable bonds is 9. The van der Waals surface area contributed by atoms with Gasteiger partial charge in [0.05, 0.1) is 14.9 Å². The summed E-state index contributed by atoms with van der Waals surface area (Å²) in [6, 6.07) is 6.45. The summed E-state index contributed by atoms with van der Waals surface area (Å²) in [6.45, 7) is 1.23. The Balaban J connectivity index is 1.79. The third-order valence-corrected chi connectivity index (χ3v) is 6.72. The highest BCUT2D eigenvalue weighted by Crippen LogP contribution is 2.24. The summed E-state index contributed by atoms with van der Waals surface area (Å²) in [5, 5.41) is 4.84. The molecule has 7 nitrogen and oxygen atoms in total. The minimum atomic E-state index is -4.01. The Bertz CT molecular complexity index is 933. The van der Waals surface area contributed by atoms with E-state index in [1.54, 1.807) is 11.3 Å². The van der Waals surface area contributed by atoms with Crippen molar-refractivity contribution in [2.75, 3.05) is 13.2 Å². The van der Waals surface area contributed by atoms with Gasteiger partial charge in [0.2, 0.25) is 10.0 Å². The molecule has 2 rings (SSSR count). The number of sulfonamides is 1. The molecular formula is C17H18Cl2N2O5S2. The maximum Gasteiger partial charge on any atom is 0.324 e. The SMILES string of the molecule is C[C@H](NS(=O)(=O)c1ccc(Cl)c(Cl)c1)C(=O)OCC(=O)NCCc1cccs1. The van der Waals surface area contributed by atoms with E-state index in [1.165, 1.54) is 25.1 Å². The van der Waals surface area contributed by atoms with Crippen molar-refractivity contribution in [2.24, 2.45) is 0 Å². The van der Waals surface area contributed by atoms with E-state index >= 15 is 0 Å². The zero-order valence-electron chi connectivity index (χ0n) is 14.8. The zero-order chi connectivity index (χ0) is 20.7. The molecule has 0 saturated heterocycles. The van der Waals surface area contributed by atoms with Crippen molar-refractivity contribution in [3.05, 3.63) is 50.6 Å². The van der Waals surface area contributed by atoms with Crippen LogP contribution in [0.25, 0.3) is 0 Å². The molecule has 2 aromatic rings. The highest BCUT2D eigenvalue weighted by Gasteiger charge is 2.24. The number of halogens is 2. The van der Waals surface area contributed by atoms with Crippen LogP contribution in [0.3, 0.4) is 0 Å². The molecule has 11 heteroatoms. The first-order chi connectivity index (χ1) is 13.2. The average molecular weight is 465 g/mol. The normalized spacial score (nSPS) is 12.4. The number of esters is 1. The molecule has 0 radical (unpaired) electrons. The second-order valence-corrected chi connectivity index (χ2v) is 9.27. The van der Waals surface area contributed by atoms with Crippen LogP contribution in [0.2, 0.25) is 10.0 Å². The van der Waals surface area contributed by atoms with Gasteiger partial charge in [-0.25, -0.2) is 8.42 Å². The van der Waals surface area contributed by atoms with Crippen molar-refractivity contribution >= 4 is 56.4 Å². The fraction of sp³-hybridized carbons (Fsp3) is 0.294. The van der Waals surface area contributed by atoms with Crippen LogP contribution in [0.5, 0.6) is 0 Å². The number of ether oxygens (including phenoxy) is 1. The van der Waals surface area contributed by atoms with Gasteiger partial charge in [-0.3, -0.25) is 9.59 Å². The van der Waals surface area contributed by atoms with Crippen molar-refractivity contribution in [1.82, 2.24) is 10.0 Å². The lowest BCUT2D eigenvalue weighted by atomic mass is 10.3. The molecule has 0 aliphatic carbocycles. The molecule has 0 aliphatic rings. The number of hydrogen-bond donors (Lipinski definition) is 2. The van der Waals surface area contributed by atoms with Gasteiger partial charge in [0, 0.05) is 11.4 Å². The summed E-state index contributed by atoms with van der Waals surface area (Å²) in [5.41, 5.74) is 0. The summed E-state index contributed by atoms with van der Waals surface area (Å²) in [5.74, 6) is -1.35. The maximum absolute atomic E-state index is 12.3. The van der Waals surface area contributed by atoms with Crippen molar-refractivity contribution in [2.45, 2.75) is 24.3 Å². The monoisotopic (exact) mass is 464 g/mol. The third kappa shape index (κ3) is 6.75. The minimum absolute atomic E-state index is 0.0685. The van der Waals surface area contributed by atoms with E-state index in [1.807, 2.05) is 17.5 Å². The fourth-order valence-electron chi connectivity index (χ4n) is 2.09. The highest BCUT2D eigenvalue weighted by molar-refractivity contribution is 7.89. The van der Waals surface area contributed by atoms with Crippen LogP contribution in [0.1, 0.15) is 11.8 Å². The van der Waals surface area contributed by atoms with Gasteiger partial charge in [0.25, 0.3) is 5.91 Å². The lowest BCUT2D eigenvalue weighted by molar-refractivity contribution is -0.149. The van der Waals surface area contributed by atoms with Crippen molar-refractivity contribution in [1.29, 1.82) is 0 Å². The maximum atomic E-state index is 12.3. The molecule has 0 saturated carbocycles. The van der Waals surface area contributed by atoms with E-state index in [2.05, 4.69) is 10.0 Å². The number of thiophene rings is 1. The molecular weight excluding hydrogens is 447 g/mol. The molecule has 1 amide bonds. The van der Waals surface area contributed by atoms with Crippen LogP contribution < -0.4 is 10.0 Å². The van der Waals surface area contributed by atoms with Crippen molar-refractivity contribution < 1.29 is 22.7 Å². The van der Waals surface area contributed by atoms with E-state index in [0.29, 0.717) is 13.0 Å². The minimum Gasteiger partial charge on any atom is -0.454 e. The molecule has 1 atom stereocenters. The quantitative estimate of drug-likeness (QED) is 0.555. The first kappa shape index (κ1) is 22.6. The Labute approximate surface area is 177 Å². The lowest BCUT2D eigenvalue weighted by Gasteiger charge is -2.14. The van der Waals surface area contributed by atoms with Gasteiger partial charge < -0.3 is 10.1 Å². The van der Waals surface area contributed by atoms with Crippen LogP contribution in [0.4, 0.5) is 0 Å². The predicted octanol–water partition coefficient (Wildman–Crippen LogP) is 2.62. The summed E-state index contributed by atoms with van der Waals surface area (Å²) >= 11 is 13.2. The molecule has 28 heavy (non-hydrogen) atoms. The molecule has 152 valence electrons. The van der Waals surface area contributed by atoms with Crippen molar-refractivity contribution in [3.63, 3.8) is 0 Å². The summed E-state index contributed by atoms with van der Waals surface area (Å²) in [7, 11) is -4.01. The molecule has 1 aromatic heterocycles. The average Bonchev–Trinajstić information content (AvgIpc) is 3.14. The Morgan fingerprint density at radius 1 is 1.21 bits per heavy atom. The first-order valence-corrected chi connectivity index (χ1v) is 11.2. The molecule has 1 aromatic carbocycles. The Morgan fingerprint density at radius 2 is 1.96 bits per heavy atom. The van der Waals surface area contributed by atoms with Crippen LogP contribution in [0.15, 0.2) is 40.6 Å². The van der Waals surface area contributed by atoms with Crippen LogP contribution in [-0.4, -0.2) is 39.5 Å². The summed E-state index contributed by atoms with van der Waals surface area (Å²) < 4.78 is 31.6. The number of amides is 1. The van der Waals surface area contributed by atoms with Crippen LogP contribution >= 0.6 is 34.5 Å². The van der Waals surface area contributed by atoms with E-state index in [0.717, 1.165) is 4.88 Å². The van der Waals surface area contributed by atoms with E-state index in [9.17, 15) is 18.0 Å². The Kier molecular flexibility index (Phi) is 8.26. The zero-order valence-corrected chi connectivity index (χ0v) is 17.9. The van der Waals surface area contributed by atoms with Gasteiger partial charge in [-0.1, -0.05) is 29.3 Å². The molecule has 1 heterocycles. The highest BCUT2D eigenvalue weighted by atomic mass is 35.5. The number of benzene rings is 1. The van der Waals surface area contributed by atoms with Gasteiger partial charge in [0.15, 0.2) is 6.61 Å². The standard InChI is InChI=1S/C17H18Cl2N2O5S2/c1-11(21-28(24,25)13-4-5-14(18)15(19)9-13)17(23)26-10-16(22)20-7-6-12-3-2-8-27-12/h2-5,8-9,11,21H,6-7,10H2,1H3,(H,20,22)/t11-/m0/s1. The van der Waals surface area contributed by atoms with Gasteiger partial charge in [-0.15, -0.1) is 11.3 Å². The number of hydrogen-bond acceptors (Lipinski definition) is 6. The molecule has 0 spiro atoms. The van der Waals surface area contributed by atoms with Crippen LogP contribution in [0, 0.1) is 0 Å². The largest absolute Gasteiger partial charge is 0.454 e. The molecule has 0 fully saturated rings. The lowest BCUT2D eigenvalue weighted by Crippen LogP contribution is -2.41. The summed E-state index contributed by atoms with van der Waals surface area (Å²) in [6.07, 6.45) is 0.678.